The molecular formula is C14H8ClFINO3. The van der Waals surface area contributed by atoms with Gasteiger partial charge in [0.15, 0.2) is 0 Å². The second-order valence-corrected chi connectivity index (χ2v) is 5.62. The minimum Gasteiger partial charge on any atom is -0.478 e. The maximum absolute atomic E-state index is 13.0. The molecule has 4 nitrogen and oxygen atoms in total. The first-order valence-corrected chi connectivity index (χ1v) is 7.14. The van der Waals surface area contributed by atoms with E-state index in [9.17, 15) is 14.0 Å². The van der Waals surface area contributed by atoms with Gasteiger partial charge >= 0.3 is 5.97 Å². The van der Waals surface area contributed by atoms with Gasteiger partial charge < -0.3 is 10.4 Å². The highest BCUT2D eigenvalue weighted by atomic mass is 127. The number of anilines is 1. The molecule has 2 aromatic carbocycles. The first-order valence-electron chi connectivity index (χ1n) is 5.68. The first kappa shape index (κ1) is 15.7. The summed E-state index contributed by atoms with van der Waals surface area (Å²) in [6, 6.07) is 8.09. The Morgan fingerprint density at radius 2 is 1.95 bits per heavy atom. The number of carbonyl (C=O) groups excluding carboxylic acids is 1. The summed E-state index contributed by atoms with van der Waals surface area (Å²) in [6.07, 6.45) is 0. The zero-order valence-corrected chi connectivity index (χ0v) is 13.3. The summed E-state index contributed by atoms with van der Waals surface area (Å²) in [6.45, 7) is 0. The Labute approximate surface area is 138 Å². The second kappa shape index (κ2) is 6.40. The Morgan fingerprint density at radius 3 is 2.57 bits per heavy atom. The lowest BCUT2D eigenvalue weighted by molar-refractivity contribution is 0.0698. The maximum Gasteiger partial charge on any atom is 0.339 e. The van der Waals surface area contributed by atoms with Crippen LogP contribution >= 0.6 is 34.2 Å². The van der Waals surface area contributed by atoms with E-state index in [4.69, 9.17) is 16.7 Å². The largest absolute Gasteiger partial charge is 0.478 e. The van der Waals surface area contributed by atoms with Crippen molar-refractivity contribution >= 4 is 51.8 Å². The molecule has 0 saturated carbocycles. The van der Waals surface area contributed by atoms with Gasteiger partial charge in [-0.3, -0.25) is 4.79 Å². The van der Waals surface area contributed by atoms with Gasteiger partial charge in [-0.2, -0.15) is 0 Å². The van der Waals surface area contributed by atoms with Crippen molar-refractivity contribution in [3.8, 4) is 0 Å². The van der Waals surface area contributed by atoms with Crippen LogP contribution in [0.3, 0.4) is 0 Å². The summed E-state index contributed by atoms with van der Waals surface area (Å²) in [5, 5.41) is 11.6. The maximum atomic E-state index is 13.0. The van der Waals surface area contributed by atoms with Gasteiger partial charge in [0.2, 0.25) is 0 Å². The Balaban J connectivity index is 2.36. The number of halogens is 3. The van der Waals surface area contributed by atoms with Crippen LogP contribution in [0.2, 0.25) is 5.02 Å². The highest BCUT2D eigenvalue weighted by molar-refractivity contribution is 14.1. The van der Waals surface area contributed by atoms with Crippen molar-refractivity contribution in [2.24, 2.45) is 0 Å². The number of rotatable bonds is 3. The fraction of sp³-hybridized carbons (Fsp3) is 0. The number of carboxylic acid groups (broad SMARTS) is 1. The molecule has 0 saturated heterocycles. The van der Waals surface area contributed by atoms with Crippen LogP contribution in [0.1, 0.15) is 20.7 Å². The molecule has 1 amide bonds. The molecule has 0 radical (unpaired) electrons. The van der Waals surface area contributed by atoms with Gasteiger partial charge in [0.05, 0.1) is 16.3 Å². The quantitative estimate of drug-likeness (QED) is 0.738. The smallest absolute Gasteiger partial charge is 0.339 e. The molecule has 108 valence electrons. The number of benzene rings is 2. The van der Waals surface area contributed by atoms with Gasteiger partial charge in [0.25, 0.3) is 5.91 Å². The van der Waals surface area contributed by atoms with Crippen LogP contribution in [0.4, 0.5) is 10.1 Å². The van der Waals surface area contributed by atoms with Crippen LogP contribution in [-0.4, -0.2) is 17.0 Å². The average molecular weight is 420 g/mol. The van der Waals surface area contributed by atoms with Crippen LogP contribution in [0.25, 0.3) is 0 Å². The average Bonchev–Trinajstić information content (AvgIpc) is 2.37. The molecule has 0 unspecified atom stereocenters. The predicted octanol–water partition coefficient (Wildman–Crippen LogP) is 4.03. The zero-order chi connectivity index (χ0) is 15.6. The summed E-state index contributed by atoms with van der Waals surface area (Å²) in [5.41, 5.74) is 0.137. The molecule has 0 spiro atoms. The van der Waals surface area contributed by atoms with E-state index in [1.807, 2.05) is 22.6 Å². The molecule has 7 heteroatoms. The number of carbonyl (C=O) groups is 2. The third-order valence-corrected chi connectivity index (χ3v) is 3.86. The predicted molar refractivity (Wildman–Crippen MR) is 85.5 cm³/mol. The molecule has 0 heterocycles. The van der Waals surface area contributed by atoms with E-state index in [0.29, 0.717) is 3.57 Å². The van der Waals surface area contributed by atoms with Crippen LogP contribution in [0.15, 0.2) is 36.4 Å². The summed E-state index contributed by atoms with van der Waals surface area (Å²) in [5.74, 6) is -2.24. The lowest BCUT2D eigenvalue weighted by Crippen LogP contribution is -2.16. The second-order valence-electron chi connectivity index (χ2n) is 4.05. The molecule has 2 rings (SSSR count). The van der Waals surface area contributed by atoms with Gasteiger partial charge in [0.1, 0.15) is 11.4 Å². The van der Waals surface area contributed by atoms with Crippen molar-refractivity contribution in [2.75, 3.05) is 5.32 Å². The van der Waals surface area contributed by atoms with Crippen molar-refractivity contribution in [1.82, 2.24) is 0 Å². The molecule has 0 aromatic heterocycles. The Kier molecular flexibility index (Phi) is 4.79. The van der Waals surface area contributed by atoms with E-state index in [1.165, 1.54) is 30.3 Å². The fourth-order valence-electron chi connectivity index (χ4n) is 1.71. The van der Waals surface area contributed by atoms with Crippen molar-refractivity contribution in [1.29, 1.82) is 0 Å². The summed E-state index contributed by atoms with van der Waals surface area (Å²) >= 11 is 7.65. The standard InChI is InChI=1S/C14H8ClFINO3/c15-9-2-1-3-11(12(9)14(20)21)18-13(19)8-5-4-7(16)6-10(8)17/h1-6H,(H,18,19)(H,20,21). The third-order valence-electron chi connectivity index (χ3n) is 2.65. The third kappa shape index (κ3) is 3.51. The summed E-state index contributed by atoms with van der Waals surface area (Å²) in [4.78, 5) is 23.3. The number of hydrogen-bond donors (Lipinski definition) is 2. The molecule has 21 heavy (non-hydrogen) atoms. The van der Waals surface area contributed by atoms with Crippen molar-refractivity contribution in [3.05, 3.63) is 61.9 Å². The number of amides is 1. The minimum absolute atomic E-state index is 0.0223. The van der Waals surface area contributed by atoms with E-state index in [1.54, 1.807) is 0 Å². The minimum atomic E-state index is -1.25. The molecule has 0 aliphatic carbocycles. The van der Waals surface area contributed by atoms with Gasteiger partial charge in [0, 0.05) is 3.57 Å². The lowest BCUT2D eigenvalue weighted by Gasteiger charge is -2.10. The first-order chi connectivity index (χ1) is 9.90. The molecule has 0 aliphatic heterocycles. The van der Waals surface area contributed by atoms with Crippen LogP contribution in [0, 0.1) is 9.39 Å². The van der Waals surface area contributed by atoms with Crippen molar-refractivity contribution in [2.45, 2.75) is 0 Å². The van der Waals surface area contributed by atoms with E-state index in [2.05, 4.69) is 5.32 Å². The van der Waals surface area contributed by atoms with Gasteiger partial charge in [-0.25, -0.2) is 9.18 Å². The molecular weight excluding hydrogens is 412 g/mol. The lowest BCUT2D eigenvalue weighted by atomic mass is 10.1. The Hall–Kier alpha value is -1.67. The number of aromatic carboxylic acids is 1. The van der Waals surface area contributed by atoms with E-state index < -0.39 is 17.7 Å². The van der Waals surface area contributed by atoms with Crippen LogP contribution in [0.5, 0.6) is 0 Å². The highest BCUT2D eigenvalue weighted by Crippen LogP contribution is 2.25. The monoisotopic (exact) mass is 419 g/mol. The molecule has 2 aromatic rings. The summed E-state index contributed by atoms with van der Waals surface area (Å²) < 4.78 is 13.4. The normalized spacial score (nSPS) is 10.2. The number of carboxylic acids is 1. The Bertz CT molecular complexity index is 736. The number of hydrogen-bond acceptors (Lipinski definition) is 2. The fourth-order valence-corrected chi connectivity index (χ4v) is 2.69. The summed E-state index contributed by atoms with van der Waals surface area (Å²) in [7, 11) is 0. The molecule has 0 bridgehead atoms. The molecule has 0 atom stereocenters. The zero-order valence-electron chi connectivity index (χ0n) is 10.4. The van der Waals surface area contributed by atoms with E-state index in [0.717, 1.165) is 6.07 Å². The van der Waals surface area contributed by atoms with Crippen LogP contribution < -0.4 is 5.32 Å². The number of nitrogens with one attached hydrogen (secondary N) is 1. The van der Waals surface area contributed by atoms with E-state index in [-0.39, 0.29) is 21.8 Å². The SMILES string of the molecule is O=C(Nc1cccc(Cl)c1C(=O)O)c1ccc(F)cc1I. The van der Waals surface area contributed by atoms with Gasteiger partial charge in [-0.1, -0.05) is 17.7 Å². The van der Waals surface area contributed by atoms with Crippen molar-refractivity contribution in [3.63, 3.8) is 0 Å². The van der Waals surface area contributed by atoms with Crippen LogP contribution in [-0.2, 0) is 0 Å². The highest BCUT2D eigenvalue weighted by Gasteiger charge is 2.18. The van der Waals surface area contributed by atoms with Gasteiger partial charge in [-0.15, -0.1) is 0 Å². The van der Waals surface area contributed by atoms with Gasteiger partial charge in [-0.05, 0) is 52.9 Å². The van der Waals surface area contributed by atoms with Crippen molar-refractivity contribution < 1.29 is 19.1 Å². The van der Waals surface area contributed by atoms with E-state index >= 15 is 0 Å². The topological polar surface area (TPSA) is 66.4 Å². The Morgan fingerprint density at radius 1 is 1.24 bits per heavy atom. The molecule has 0 aliphatic rings. The molecule has 0 fully saturated rings. The molecule has 2 N–H and O–H groups in total.